The molecule has 2 amide bonds. The van der Waals surface area contributed by atoms with Crippen LogP contribution in [0.5, 0.6) is 11.5 Å². The van der Waals surface area contributed by atoms with E-state index in [9.17, 15) is 14.4 Å². The summed E-state index contributed by atoms with van der Waals surface area (Å²) in [4.78, 5) is 37.8. The summed E-state index contributed by atoms with van der Waals surface area (Å²) < 4.78 is 16.3. The van der Waals surface area contributed by atoms with Crippen molar-refractivity contribution >= 4 is 23.5 Å². The van der Waals surface area contributed by atoms with Crippen molar-refractivity contribution in [3.63, 3.8) is 0 Å². The average molecular weight is 440 g/mol. The number of carbonyl (C=O) groups is 3. The van der Waals surface area contributed by atoms with E-state index in [1.54, 1.807) is 44.2 Å². The Kier molecular flexibility index (Phi) is 7.35. The summed E-state index contributed by atoms with van der Waals surface area (Å²) >= 11 is 0. The zero-order chi connectivity index (χ0) is 23.3. The van der Waals surface area contributed by atoms with Gasteiger partial charge in [-0.3, -0.25) is 9.59 Å². The molecule has 170 valence electrons. The Morgan fingerprint density at radius 2 is 1.59 bits per heavy atom. The molecule has 0 saturated carbocycles. The number of hydrogen-bond acceptors (Lipinski definition) is 6. The molecule has 0 radical (unpaired) electrons. The Bertz CT molecular complexity index is 986. The second-order valence-electron chi connectivity index (χ2n) is 7.99. The minimum Gasteiger partial charge on any atom is -0.486 e. The molecule has 1 aliphatic rings. The minimum atomic E-state index is -1.06. The molecule has 2 N–H and O–H groups in total. The fourth-order valence-corrected chi connectivity index (χ4v) is 3.09. The maximum Gasteiger partial charge on any atom is 0.329 e. The van der Waals surface area contributed by atoms with E-state index in [-0.39, 0.29) is 11.8 Å². The molecule has 0 fully saturated rings. The van der Waals surface area contributed by atoms with Crippen molar-refractivity contribution in [2.75, 3.05) is 18.5 Å². The highest BCUT2D eigenvalue weighted by atomic mass is 16.6. The predicted octanol–water partition coefficient (Wildman–Crippen LogP) is 3.09. The lowest BCUT2D eigenvalue weighted by atomic mass is 10.0. The molecule has 0 aliphatic carbocycles. The van der Waals surface area contributed by atoms with Crippen molar-refractivity contribution in [1.29, 1.82) is 0 Å². The summed E-state index contributed by atoms with van der Waals surface area (Å²) in [7, 11) is 0. The first-order valence-electron chi connectivity index (χ1n) is 10.5. The Labute approximate surface area is 187 Å². The summed E-state index contributed by atoms with van der Waals surface area (Å²) in [6, 6.07) is 11.2. The van der Waals surface area contributed by atoms with Crippen LogP contribution in [0.3, 0.4) is 0 Å². The van der Waals surface area contributed by atoms with Crippen LogP contribution in [0.2, 0.25) is 0 Å². The average Bonchev–Trinajstić information content (AvgIpc) is 2.77. The SMILES string of the molecule is Cc1ccc(C(=O)N[C@H](C(=O)O[C@H](C)C(=O)Nc2ccc3c(c2)OCCO3)C(C)C)cc1. The van der Waals surface area contributed by atoms with Gasteiger partial charge in [0.1, 0.15) is 19.3 Å². The Balaban J connectivity index is 1.59. The van der Waals surface area contributed by atoms with Crippen LogP contribution in [0.4, 0.5) is 5.69 Å². The van der Waals surface area contributed by atoms with Gasteiger partial charge in [0.25, 0.3) is 11.8 Å². The first-order chi connectivity index (χ1) is 15.2. The molecule has 8 nitrogen and oxygen atoms in total. The monoisotopic (exact) mass is 440 g/mol. The second-order valence-corrected chi connectivity index (χ2v) is 7.99. The summed E-state index contributed by atoms with van der Waals surface area (Å²) in [6.07, 6.45) is -1.06. The lowest BCUT2D eigenvalue weighted by Gasteiger charge is -2.23. The molecule has 32 heavy (non-hydrogen) atoms. The standard InChI is InChI=1S/C24H28N2O6/c1-14(2)21(26-23(28)17-7-5-15(3)6-8-17)24(29)32-16(4)22(27)25-18-9-10-19-20(13-18)31-12-11-30-19/h5-10,13-14,16,21H,11-12H2,1-4H3,(H,25,27)(H,26,28)/t16-,21+/m1/s1. The Hall–Kier alpha value is -3.55. The first-order valence-corrected chi connectivity index (χ1v) is 10.5. The van der Waals surface area contributed by atoms with Crippen molar-refractivity contribution in [3.8, 4) is 11.5 Å². The van der Waals surface area contributed by atoms with E-state index in [1.165, 1.54) is 6.92 Å². The van der Waals surface area contributed by atoms with E-state index < -0.39 is 24.0 Å². The number of fused-ring (bicyclic) bond motifs is 1. The van der Waals surface area contributed by atoms with Gasteiger partial charge in [-0.15, -0.1) is 0 Å². The number of aryl methyl sites for hydroxylation is 1. The van der Waals surface area contributed by atoms with Crippen LogP contribution >= 0.6 is 0 Å². The van der Waals surface area contributed by atoms with Crippen molar-refractivity contribution in [2.24, 2.45) is 5.92 Å². The maximum absolute atomic E-state index is 12.7. The van der Waals surface area contributed by atoms with Gasteiger partial charge in [-0.25, -0.2) is 4.79 Å². The first kappa shape index (κ1) is 23.1. The van der Waals surface area contributed by atoms with Gasteiger partial charge in [-0.2, -0.15) is 0 Å². The highest BCUT2D eigenvalue weighted by Crippen LogP contribution is 2.32. The van der Waals surface area contributed by atoms with Crippen molar-refractivity contribution in [2.45, 2.75) is 39.8 Å². The number of benzene rings is 2. The Morgan fingerprint density at radius 3 is 2.25 bits per heavy atom. The molecule has 8 heteroatoms. The minimum absolute atomic E-state index is 0.232. The van der Waals surface area contributed by atoms with Crippen molar-refractivity contribution in [3.05, 3.63) is 53.6 Å². The molecule has 2 aromatic rings. The van der Waals surface area contributed by atoms with E-state index in [0.717, 1.165) is 5.56 Å². The zero-order valence-electron chi connectivity index (χ0n) is 18.6. The summed E-state index contributed by atoms with van der Waals surface area (Å²) in [6.45, 7) is 7.90. The Morgan fingerprint density at radius 1 is 0.938 bits per heavy atom. The molecule has 0 aromatic heterocycles. The van der Waals surface area contributed by atoms with Gasteiger partial charge in [0, 0.05) is 17.3 Å². The second kappa shape index (κ2) is 10.2. The lowest BCUT2D eigenvalue weighted by Crippen LogP contribution is -2.47. The van der Waals surface area contributed by atoms with E-state index in [0.29, 0.717) is 36.0 Å². The maximum atomic E-state index is 12.7. The van der Waals surface area contributed by atoms with Gasteiger partial charge in [0.2, 0.25) is 0 Å². The number of carbonyl (C=O) groups excluding carboxylic acids is 3. The third-order valence-corrected chi connectivity index (χ3v) is 4.99. The molecule has 0 spiro atoms. The van der Waals surface area contributed by atoms with Gasteiger partial charge in [0.05, 0.1) is 0 Å². The number of rotatable bonds is 7. The predicted molar refractivity (Wildman–Crippen MR) is 119 cm³/mol. The van der Waals surface area contributed by atoms with Crippen molar-refractivity contribution < 1.29 is 28.6 Å². The molecule has 3 rings (SSSR count). The largest absolute Gasteiger partial charge is 0.486 e. The number of amides is 2. The third kappa shape index (κ3) is 5.78. The molecular weight excluding hydrogens is 412 g/mol. The van der Waals surface area contributed by atoms with Gasteiger partial charge < -0.3 is 24.8 Å². The highest BCUT2D eigenvalue weighted by Gasteiger charge is 2.29. The van der Waals surface area contributed by atoms with Gasteiger partial charge in [0.15, 0.2) is 17.6 Å². The fourth-order valence-electron chi connectivity index (χ4n) is 3.09. The smallest absolute Gasteiger partial charge is 0.329 e. The lowest BCUT2D eigenvalue weighted by molar-refractivity contribution is -0.156. The van der Waals surface area contributed by atoms with E-state index in [2.05, 4.69) is 10.6 Å². The number of ether oxygens (including phenoxy) is 3. The molecular formula is C24H28N2O6. The third-order valence-electron chi connectivity index (χ3n) is 4.99. The normalized spacial score (nSPS) is 14.3. The van der Waals surface area contributed by atoms with Crippen LogP contribution in [0.25, 0.3) is 0 Å². The van der Waals surface area contributed by atoms with Crippen LogP contribution in [-0.4, -0.2) is 43.1 Å². The van der Waals surface area contributed by atoms with E-state index in [1.807, 2.05) is 19.1 Å². The molecule has 0 unspecified atom stereocenters. The van der Waals surface area contributed by atoms with Crippen LogP contribution in [0.1, 0.15) is 36.7 Å². The molecule has 2 atom stereocenters. The van der Waals surface area contributed by atoms with Crippen LogP contribution in [-0.2, 0) is 14.3 Å². The van der Waals surface area contributed by atoms with Crippen LogP contribution in [0.15, 0.2) is 42.5 Å². The fraction of sp³-hybridized carbons (Fsp3) is 0.375. The molecule has 0 saturated heterocycles. The molecule has 1 aliphatic heterocycles. The van der Waals surface area contributed by atoms with E-state index in [4.69, 9.17) is 14.2 Å². The van der Waals surface area contributed by atoms with Crippen LogP contribution < -0.4 is 20.1 Å². The number of esters is 1. The summed E-state index contributed by atoms with van der Waals surface area (Å²) in [5.74, 6) is -0.637. The van der Waals surface area contributed by atoms with Gasteiger partial charge in [-0.1, -0.05) is 31.5 Å². The highest BCUT2D eigenvalue weighted by molar-refractivity contribution is 5.98. The number of anilines is 1. The van der Waals surface area contributed by atoms with E-state index >= 15 is 0 Å². The van der Waals surface area contributed by atoms with Crippen molar-refractivity contribution in [1.82, 2.24) is 5.32 Å². The topological polar surface area (TPSA) is 103 Å². The quantitative estimate of drug-likeness (QED) is 0.642. The molecule has 1 heterocycles. The van der Waals surface area contributed by atoms with Crippen LogP contribution in [0, 0.1) is 12.8 Å². The summed E-state index contributed by atoms with van der Waals surface area (Å²) in [5, 5.41) is 5.40. The zero-order valence-corrected chi connectivity index (χ0v) is 18.6. The van der Waals surface area contributed by atoms with Gasteiger partial charge >= 0.3 is 5.97 Å². The number of nitrogens with one attached hydrogen (secondary N) is 2. The molecule has 0 bridgehead atoms. The summed E-state index contributed by atoms with van der Waals surface area (Å²) in [5.41, 5.74) is 1.97. The molecule has 2 aromatic carbocycles. The van der Waals surface area contributed by atoms with Gasteiger partial charge in [-0.05, 0) is 44.0 Å². The number of hydrogen-bond donors (Lipinski definition) is 2.